The van der Waals surface area contributed by atoms with E-state index in [0.29, 0.717) is 17.4 Å². The number of benzene rings is 2. The average molecular weight is 418 g/mol. The molecule has 0 radical (unpaired) electrons. The summed E-state index contributed by atoms with van der Waals surface area (Å²) >= 11 is 0.984. The smallest absolute Gasteiger partial charge is 0.213 e. The van der Waals surface area contributed by atoms with Crippen molar-refractivity contribution in [1.29, 1.82) is 0 Å². The number of aliphatic carboxylic acids is 1. The van der Waals surface area contributed by atoms with Crippen LogP contribution >= 0.6 is 11.8 Å². The number of H-pyrrole nitrogens is 2. The summed E-state index contributed by atoms with van der Waals surface area (Å²) in [5.74, 6) is -0.556. The molecule has 0 saturated carbocycles. The maximum absolute atomic E-state index is 11.9. The molecule has 2 aromatic carbocycles. The normalized spacial score (nSPS) is 11.9. The fourth-order valence-corrected chi connectivity index (χ4v) is 4.20. The Kier molecular flexibility index (Phi) is 5.46. The van der Waals surface area contributed by atoms with Crippen molar-refractivity contribution in [3.05, 3.63) is 69.9 Å². The third-order valence-corrected chi connectivity index (χ3v) is 5.75. The van der Waals surface area contributed by atoms with Gasteiger partial charge in [-0.1, -0.05) is 48.9 Å². The molecule has 2 aromatic heterocycles. The number of carbonyl (C=O) groups excluding carboxylic acids is 1. The summed E-state index contributed by atoms with van der Waals surface area (Å²) in [5.41, 5.74) is 5.85. The van der Waals surface area contributed by atoms with E-state index in [4.69, 9.17) is 0 Å². The zero-order valence-corrected chi connectivity index (χ0v) is 17.8. The van der Waals surface area contributed by atoms with Crippen LogP contribution in [0.3, 0.4) is 0 Å². The second-order valence-corrected chi connectivity index (χ2v) is 8.11. The third-order valence-electron chi connectivity index (χ3n) is 4.88. The van der Waals surface area contributed by atoms with Gasteiger partial charge < -0.3 is 14.9 Å². The Morgan fingerprint density at radius 2 is 1.97 bits per heavy atom. The molecule has 0 spiro atoms. The van der Waals surface area contributed by atoms with E-state index in [1.54, 1.807) is 6.08 Å². The lowest BCUT2D eigenvalue weighted by atomic mass is 10.0. The van der Waals surface area contributed by atoms with Crippen LogP contribution in [0.2, 0.25) is 0 Å². The first-order valence-electron chi connectivity index (χ1n) is 9.66. The van der Waals surface area contributed by atoms with Gasteiger partial charge in [0.2, 0.25) is 5.16 Å². The molecule has 0 bridgehead atoms. The lowest BCUT2D eigenvalue weighted by molar-refractivity contribution is -0.297. The minimum absolute atomic E-state index is 0.0499. The first-order valence-corrected chi connectivity index (χ1v) is 10.5. The van der Waals surface area contributed by atoms with Gasteiger partial charge in [0.05, 0.1) is 11.7 Å². The van der Waals surface area contributed by atoms with E-state index in [0.717, 1.165) is 50.6 Å². The number of carbonyl (C=O) groups is 1. The molecule has 0 amide bonds. The Bertz CT molecular complexity index is 1260. The summed E-state index contributed by atoms with van der Waals surface area (Å²) in [5, 5.41) is 20.2. The van der Waals surface area contributed by atoms with Gasteiger partial charge in [0, 0.05) is 27.8 Å². The van der Waals surface area contributed by atoms with Crippen LogP contribution in [0.5, 0.6) is 0 Å². The van der Waals surface area contributed by atoms with Crippen LogP contribution in [0, 0.1) is 13.8 Å². The largest absolute Gasteiger partial charge is 0.544 e. The summed E-state index contributed by atoms with van der Waals surface area (Å²) in [4.78, 5) is 19.8. The number of aryl methyl sites for hydroxylation is 3. The molecule has 4 rings (SSSR count). The van der Waals surface area contributed by atoms with Gasteiger partial charge in [0.1, 0.15) is 5.82 Å². The topological polar surface area (TPSA) is 97.5 Å². The second kappa shape index (κ2) is 8.20. The van der Waals surface area contributed by atoms with Gasteiger partial charge in [-0.25, -0.2) is 4.98 Å². The van der Waals surface area contributed by atoms with Gasteiger partial charge in [-0.15, -0.1) is 5.10 Å². The molecular formula is C23H21N4O2S-. The molecule has 152 valence electrons. The number of hydrogen-bond donors (Lipinski definition) is 2. The molecule has 0 saturated heterocycles. The highest BCUT2D eigenvalue weighted by Gasteiger charge is 2.16. The summed E-state index contributed by atoms with van der Waals surface area (Å²) in [6.45, 7) is 6.03. The van der Waals surface area contributed by atoms with E-state index in [2.05, 4.69) is 32.3 Å². The van der Waals surface area contributed by atoms with Crippen LogP contribution in [-0.4, -0.2) is 26.1 Å². The predicted octanol–water partition coefficient (Wildman–Crippen LogP) is 4.02. The predicted molar refractivity (Wildman–Crippen MR) is 118 cm³/mol. The van der Waals surface area contributed by atoms with E-state index in [1.165, 1.54) is 0 Å². The lowest BCUT2D eigenvalue weighted by Crippen LogP contribution is -2.23. The number of nitrogens with zero attached hydrogens (tertiary/aromatic N) is 2. The van der Waals surface area contributed by atoms with Gasteiger partial charge in [0.15, 0.2) is 0 Å². The molecule has 2 N–H and O–H groups in total. The van der Waals surface area contributed by atoms with Gasteiger partial charge in [-0.3, -0.25) is 5.10 Å². The Balaban J connectivity index is 1.91. The van der Waals surface area contributed by atoms with Crippen LogP contribution in [-0.2, 0) is 11.2 Å². The zero-order valence-electron chi connectivity index (χ0n) is 16.9. The third kappa shape index (κ3) is 3.89. The number of aromatic nitrogens is 4. The number of thioether (sulfide) groups is 1. The average Bonchev–Trinajstić information content (AvgIpc) is 3.33. The van der Waals surface area contributed by atoms with Crippen molar-refractivity contribution in [2.75, 3.05) is 0 Å². The minimum Gasteiger partial charge on any atom is -0.544 e. The number of rotatable bonds is 6. The Morgan fingerprint density at radius 1 is 1.20 bits per heavy atom. The molecule has 0 aliphatic heterocycles. The van der Waals surface area contributed by atoms with Crippen molar-refractivity contribution in [3.63, 3.8) is 0 Å². The van der Waals surface area contributed by atoms with E-state index < -0.39 is 5.97 Å². The van der Waals surface area contributed by atoms with Crippen LogP contribution in [0.25, 0.3) is 28.2 Å². The first kappa shape index (κ1) is 20.0. The van der Waals surface area contributed by atoms with Gasteiger partial charge in [0.25, 0.3) is 0 Å². The van der Waals surface area contributed by atoms with E-state index in [9.17, 15) is 9.90 Å². The van der Waals surface area contributed by atoms with Gasteiger partial charge in [-0.05, 0) is 48.9 Å². The second-order valence-electron chi connectivity index (χ2n) is 7.10. The molecule has 0 aliphatic carbocycles. The molecule has 6 nitrogen and oxygen atoms in total. The molecule has 0 atom stereocenters. The number of carboxylic acid groups (broad SMARTS) is 1. The fraction of sp³-hybridized carbons (Fsp3) is 0.174. The molecule has 0 fully saturated rings. The van der Waals surface area contributed by atoms with Crippen molar-refractivity contribution in [2.45, 2.75) is 32.3 Å². The molecule has 30 heavy (non-hydrogen) atoms. The number of fused-ring (bicyclic) bond motifs is 1. The maximum atomic E-state index is 11.9. The summed E-state index contributed by atoms with van der Waals surface area (Å²) in [7, 11) is 0. The Morgan fingerprint density at radius 3 is 2.63 bits per heavy atom. The summed E-state index contributed by atoms with van der Waals surface area (Å²) in [6, 6.07) is 14.0. The molecule has 7 heteroatoms. The zero-order chi connectivity index (χ0) is 21.3. The number of nitrogens with one attached hydrogen (secondary N) is 2. The van der Waals surface area contributed by atoms with Crippen molar-refractivity contribution >= 4 is 34.7 Å². The van der Waals surface area contributed by atoms with E-state index >= 15 is 0 Å². The quantitative estimate of drug-likeness (QED) is 0.365. The fourth-order valence-electron chi connectivity index (χ4n) is 3.50. The summed E-state index contributed by atoms with van der Waals surface area (Å²) < 4.78 is 0. The van der Waals surface area contributed by atoms with E-state index in [-0.39, 0.29) is 4.91 Å². The van der Waals surface area contributed by atoms with Crippen LogP contribution in [0.15, 0.2) is 52.5 Å². The molecule has 4 aromatic rings. The highest BCUT2D eigenvalue weighted by Crippen LogP contribution is 2.36. The minimum atomic E-state index is -1.26. The van der Waals surface area contributed by atoms with Crippen molar-refractivity contribution in [2.24, 2.45) is 0 Å². The van der Waals surface area contributed by atoms with Gasteiger partial charge >= 0.3 is 0 Å². The number of carboxylic acids is 1. The van der Waals surface area contributed by atoms with Crippen LogP contribution in [0.1, 0.15) is 29.4 Å². The number of hydrogen-bond acceptors (Lipinski definition) is 5. The first-order chi connectivity index (χ1) is 14.5. The Hall–Kier alpha value is -3.32. The standard InChI is InChI=1S/C23H22N4O2S/c1-4-19-24-23(27-26-19)30-18(22(28)29)12-17-16-11-13(2)10-14(3)20(16)25-21(17)15-8-6-5-7-9-15/h5-12,25H,4H2,1-3H3,(H,28,29)(H,24,26,27)/p-1/b18-12-. The summed E-state index contributed by atoms with van der Waals surface area (Å²) in [6.07, 6.45) is 2.35. The highest BCUT2D eigenvalue weighted by molar-refractivity contribution is 8.04. The monoisotopic (exact) mass is 417 g/mol. The van der Waals surface area contributed by atoms with Crippen molar-refractivity contribution in [3.8, 4) is 11.3 Å². The van der Waals surface area contributed by atoms with Crippen molar-refractivity contribution in [1.82, 2.24) is 20.2 Å². The molecule has 0 unspecified atom stereocenters. The van der Waals surface area contributed by atoms with Crippen LogP contribution < -0.4 is 5.11 Å². The Labute approximate surface area is 178 Å². The maximum Gasteiger partial charge on any atom is 0.213 e. The highest BCUT2D eigenvalue weighted by atomic mass is 32.2. The lowest BCUT2D eigenvalue weighted by Gasteiger charge is -2.08. The van der Waals surface area contributed by atoms with E-state index in [1.807, 2.05) is 51.1 Å². The number of aromatic amines is 2. The van der Waals surface area contributed by atoms with Crippen molar-refractivity contribution < 1.29 is 9.90 Å². The molecule has 0 aliphatic rings. The SMILES string of the molecule is CCc1nc(S/C(=C\c2c(-c3ccccc3)[nH]c3c(C)cc(C)cc23)C(=O)[O-])n[nH]1. The molecular weight excluding hydrogens is 396 g/mol. The molecule has 2 heterocycles. The van der Waals surface area contributed by atoms with Crippen LogP contribution in [0.4, 0.5) is 0 Å². The van der Waals surface area contributed by atoms with Gasteiger partial charge in [-0.2, -0.15) is 0 Å².